The number of carbonyl (C=O) groups excluding carboxylic acids is 2. The Kier molecular flexibility index (Phi) is 5.56. The quantitative estimate of drug-likeness (QED) is 0.776. The van der Waals surface area contributed by atoms with Crippen molar-refractivity contribution in [2.45, 2.75) is 32.4 Å². The lowest BCUT2D eigenvalue weighted by Gasteiger charge is -2.30. The first kappa shape index (κ1) is 18.0. The molecule has 0 saturated carbocycles. The molecule has 1 heterocycles. The van der Waals surface area contributed by atoms with Crippen LogP contribution in [0.5, 0.6) is 5.75 Å². The average molecular weight is 353 g/mol. The van der Waals surface area contributed by atoms with Gasteiger partial charge >= 0.3 is 5.97 Å². The summed E-state index contributed by atoms with van der Waals surface area (Å²) in [5.41, 5.74) is 3.26. The third-order valence-corrected chi connectivity index (χ3v) is 4.61. The van der Waals surface area contributed by atoms with Gasteiger partial charge in [-0.15, -0.1) is 0 Å². The van der Waals surface area contributed by atoms with Crippen molar-refractivity contribution in [3.63, 3.8) is 0 Å². The van der Waals surface area contributed by atoms with Crippen molar-refractivity contribution in [3.05, 3.63) is 65.2 Å². The maximum atomic E-state index is 12.6. The Morgan fingerprint density at radius 1 is 1.08 bits per heavy atom. The van der Waals surface area contributed by atoms with Gasteiger partial charge in [-0.1, -0.05) is 36.4 Å². The van der Waals surface area contributed by atoms with Gasteiger partial charge < -0.3 is 14.4 Å². The topological polar surface area (TPSA) is 55.8 Å². The summed E-state index contributed by atoms with van der Waals surface area (Å²) < 4.78 is 10.4. The zero-order chi connectivity index (χ0) is 18.5. The fourth-order valence-electron chi connectivity index (χ4n) is 3.14. The maximum Gasteiger partial charge on any atom is 0.311 e. The van der Waals surface area contributed by atoms with Gasteiger partial charge in [0.15, 0.2) is 6.10 Å². The molecule has 2 aromatic carbocycles. The molecule has 5 heteroatoms. The second kappa shape index (κ2) is 8.04. The molecule has 0 aliphatic carbocycles. The first-order valence-electron chi connectivity index (χ1n) is 8.75. The highest BCUT2D eigenvalue weighted by Crippen LogP contribution is 2.19. The van der Waals surface area contributed by atoms with E-state index >= 15 is 0 Å². The van der Waals surface area contributed by atoms with E-state index in [-0.39, 0.29) is 12.3 Å². The average Bonchev–Trinajstić information content (AvgIpc) is 2.67. The first-order chi connectivity index (χ1) is 12.6. The number of methoxy groups -OCH3 is 1. The van der Waals surface area contributed by atoms with Crippen LogP contribution in [0, 0.1) is 0 Å². The molecule has 1 atom stereocenters. The molecule has 1 amide bonds. The Labute approximate surface area is 153 Å². The van der Waals surface area contributed by atoms with E-state index in [9.17, 15) is 9.59 Å². The Hall–Kier alpha value is -2.82. The van der Waals surface area contributed by atoms with E-state index in [2.05, 4.69) is 6.07 Å². The Morgan fingerprint density at radius 2 is 1.77 bits per heavy atom. The van der Waals surface area contributed by atoms with E-state index in [1.54, 1.807) is 31.1 Å². The van der Waals surface area contributed by atoms with Crippen LogP contribution < -0.4 is 4.74 Å². The van der Waals surface area contributed by atoms with Gasteiger partial charge in [0.2, 0.25) is 0 Å². The molecule has 0 aromatic heterocycles. The lowest BCUT2D eigenvalue weighted by Crippen LogP contribution is -2.42. The standard InChI is InChI=1S/C21H23NO4/c1-15(26-20(23)13-16-7-9-19(25-2)10-8-16)21(24)22-12-11-17-5-3-4-6-18(17)14-22/h3-10,15H,11-14H2,1-2H3. The van der Waals surface area contributed by atoms with E-state index in [4.69, 9.17) is 9.47 Å². The van der Waals surface area contributed by atoms with Crippen LogP contribution >= 0.6 is 0 Å². The maximum absolute atomic E-state index is 12.6. The minimum atomic E-state index is -0.786. The highest BCUT2D eigenvalue weighted by molar-refractivity contribution is 5.84. The van der Waals surface area contributed by atoms with E-state index in [1.165, 1.54) is 5.56 Å². The minimum Gasteiger partial charge on any atom is -0.497 e. The number of benzene rings is 2. The number of ether oxygens (including phenoxy) is 2. The highest BCUT2D eigenvalue weighted by atomic mass is 16.5. The molecule has 3 rings (SSSR count). The van der Waals surface area contributed by atoms with E-state index in [0.717, 1.165) is 23.3 Å². The molecule has 0 fully saturated rings. The molecule has 0 spiro atoms. The van der Waals surface area contributed by atoms with Crippen molar-refractivity contribution in [2.75, 3.05) is 13.7 Å². The van der Waals surface area contributed by atoms with Crippen LogP contribution in [-0.4, -0.2) is 36.5 Å². The molecule has 0 radical (unpaired) electrons. The third kappa shape index (κ3) is 4.23. The van der Waals surface area contributed by atoms with Gasteiger partial charge in [-0.2, -0.15) is 0 Å². The number of rotatable bonds is 5. The lowest BCUT2D eigenvalue weighted by atomic mass is 9.99. The molecule has 1 aliphatic rings. The van der Waals surface area contributed by atoms with Crippen LogP contribution in [0.1, 0.15) is 23.6 Å². The number of amides is 1. The lowest BCUT2D eigenvalue weighted by molar-refractivity contribution is -0.159. The SMILES string of the molecule is COc1ccc(CC(=O)OC(C)C(=O)N2CCc3ccccc3C2)cc1. The predicted octanol–water partition coefficient (Wildman–Crippen LogP) is 2.75. The van der Waals surface area contributed by atoms with Gasteiger partial charge in [0, 0.05) is 13.1 Å². The summed E-state index contributed by atoms with van der Waals surface area (Å²) in [6, 6.07) is 15.3. The molecule has 136 valence electrons. The van der Waals surface area contributed by atoms with Gasteiger partial charge in [0.1, 0.15) is 5.75 Å². The normalized spacial score (nSPS) is 14.3. The molecule has 26 heavy (non-hydrogen) atoms. The molecule has 1 aliphatic heterocycles. The van der Waals surface area contributed by atoms with Gasteiger partial charge in [0.05, 0.1) is 13.5 Å². The summed E-state index contributed by atoms with van der Waals surface area (Å²) in [6.45, 7) is 2.85. The fraction of sp³-hybridized carbons (Fsp3) is 0.333. The summed E-state index contributed by atoms with van der Waals surface area (Å²) >= 11 is 0. The highest BCUT2D eigenvalue weighted by Gasteiger charge is 2.26. The molecule has 2 aromatic rings. The Morgan fingerprint density at radius 3 is 2.46 bits per heavy atom. The molecular formula is C21H23NO4. The number of hydrogen-bond donors (Lipinski definition) is 0. The number of esters is 1. The van der Waals surface area contributed by atoms with Gasteiger partial charge in [-0.05, 0) is 42.2 Å². The summed E-state index contributed by atoms with van der Waals surface area (Å²) in [5, 5.41) is 0. The van der Waals surface area contributed by atoms with Crippen molar-refractivity contribution in [1.82, 2.24) is 4.90 Å². The largest absolute Gasteiger partial charge is 0.497 e. The number of fused-ring (bicyclic) bond motifs is 1. The van der Waals surface area contributed by atoms with Crippen molar-refractivity contribution >= 4 is 11.9 Å². The predicted molar refractivity (Wildman–Crippen MR) is 97.8 cm³/mol. The van der Waals surface area contributed by atoms with Crippen molar-refractivity contribution in [3.8, 4) is 5.75 Å². The van der Waals surface area contributed by atoms with Gasteiger partial charge in [0.25, 0.3) is 5.91 Å². The van der Waals surface area contributed by atoms with Crippen LogP contribution in [0.25, 0.3) is 0 Å². The van der Waals surface area contributed by atoms with Gasteiger partial charge in [-0.25, -0.2) is 0 Å². The molecule has 0 bridgehead atoms. The van der Waals surface area contributed by atoms with Crippen LogP contribution in [0.3, 0.4) is 0 Å². The smallest absolute Gasteiger partial charge is 0.311 e. The van der Waals surface area contributed by atoms with E-state index in [1.807, 2.05) is 30.3 Å². The molecule has 5 nitrogen and oxygen atoms in total. The molecule has 0 saturated heterocycles. The molecular weight excluding hydrogens is 330 g/mol. The van der Waals surface area contributed by atoms with Gasteiger partial charge in [-0.3, -0.25) is 9.59 Å². The molecule has 1 unspecified atom stereocenters. The number of hydrogen-bond acceptors (Lipinski definition) is 4. The van der Waals surface area contributed by atoms with Crippen LogP contribution in [-0.2, 0) is 33.7 Å². The minimum absolute atomic E-state index is 0.129. The molecule has 0 N–H and O–H groups in total. The zero-order valence-electron chi connectivity index (χ0n) is 15.1. The number of carbonyl (C=O) groups is 2. The summed E-state index contributed by atoms with van der Waals surface area (Å²) in [6.07, 6.45) is 0.171. The fourth-order valence-corrected chi connectivity index (χ4v) is 3.14. The van der Waals surface area contributed by atoms with E-state index in [0.29, 0.717) is 13.1 Å². The first-order valence-corrected chi connectivity index (χ1v) is 8.75. The second-order valence-corrected chi connectivity index (χ2v) is 6.44. The van der Waals surface area contributed by atoms with Crippen molar-refractivity contribution < 1.29 is 19.1 Å². The second-order valence-electron chi connectivity index (χ2n) is 6.44. The Balaban J connectivity index is 1.54. The monoisotopic (exact) mass is 353 g/mol. The third-order valence-electron chi connectivity index (χ3n) is 4.61. The zero-order valence-corrected chi connectivity index (χ0v) is 15.1. The van der Waals surface area contributed by atoms with E-state index < -0.39 is 12.1 Å². The van der Waals surface area contributed by atoms with Crippen LogP contribution in [0.4, 0.5) is 0 Å². The summed E-state index contributed by atoms with van der Waals surface area (Å²) in [4.78, 5) is 26.5. The van der Waals surface area contributed by atoms with Crippen LogP contribution in [0.2, 0.25) is 0 Å². The Bertz CT molecular complexity index is 785. The summed E-state index contributed by atoms with van der Waals surface area (Å²) in [5.74, 6) is 0.173. The van der Waals surface area contributed by atoms with Crippen LogP contribution in [0.15, 0.2) is 48.5 Å². The number of nitrogens with zero attached hydrogens (tertiary/aromatic N) is 1. The van der Waals surface area contributed by atoms with Crippen molar-refractivity contribution in [2.24, 2.45) is 0 Å². The van der Waals surface area contributed by atoms with Crippen molar-refractivity contribution in [1.29, 1.82) is 0 Å². The summed E-state index contributed by atoms with van der Waals surface area (Å²) in [7, 11) is 1.59.